The SMILES string of the molecule is CCc1nc(-c2ccc(C(C)C)cc2OC)c(CC)nc1OC(CC)C(C)C. The topological polar surface area (TPSA) is 44.2 Å². The summed E-state index contributed by atoms with van der Waals surface area (Å²) in [6, 6.07) is 6.38. The third kappa shape index (κ3) is 4.84. The van der Waals surface area contributed by atoms with E-state index < -0.39 is 0 Å². The van der Waals surface area contributed by atoms with Gasteiger partial charge in [-0.15, -0.1) is 0 Å². The van der Waals surface area contributed by atoms with Crippen LogP contribution in [0.15, 0.2) is 18.2 Å². The van der Waals surface area contributed by atoms with Crippen LogP contribution in [0.1, 0.15) is 77.8 Å². The highest BCUT2D eigenvalue weighted by molar-refractivity contribution is 5.70. The number of rotatable bonds is 9. The van der Waals surface area contributed by atoms with Gasteiger partial charge in [-0.1, -0.05) is 54.5 Å². The molecule has 1 unspecified atom stereocenters. The Kier molecular flexibility index (Phi) is 7.85. The number of hydrogen-bond acceptors (Lipinski definition) is 4. The summed E-state index contributed by atoms with van der Waals surface area (Å²) in [6.45, 7) is 15.1. The van der Waals surface area contributed by atoms with Crippen LogP contribution in [0.5, 0.6) is 11.6 Å². The van der Waals surface area contributed by atoms with Crippen molar-refractivity contribution in [3.8, 4) is 22.9 Å². The lowest BCUT2D eigenvalue weighted by molar-refractivity contribution is 0.138. The minimum Gasteiger partial charge on any atom is -0.496 e. The van der Waals surface area contributed by atoms with E-state index in [-0.39, 0.29) is 6.10 Å². The molecule has 0 aliphatic heterocycles. The number of hydrogen-bond donors (Lipinski definition) is 0. The largest absolute Gasteiger partial charge is 0.496 e. The van der Waals surface area contributed by atoms with Gasteiger partial charge in [-0.05, 0) is 48.8 Å². The Bertz CT molecular complexity index is 784. The molecule has 4 nitrogen and oxygen atoms in total. The molecule has 2 rings (SSSR count). The lowest BCUT2D eigenvalue weighted by Gasteiger charge is -2.23. The lowest BCUT2D eigenvalue weighted by Crippen LogP contribution is -2.23. The Morgan fingerprint density at radius 2 is 1.61 bits per heavy atom. The molecule has 0 radical (unpaired) electrons. The van der Waals surface area contributed by atoms with Gasteiger partial charge in [-0.25, -0.2) is 9.97 Å². The van der Waals surface area contributed by atoms with Gasteiger partial charge in [0.15, 0.2) is 0 Å². The molecule has 4 heteroatoms. The number of aryl methyl sites for hydroxylation is 2. The van der Waals surface area contributed by atoms with Crippen molar-refractivity contribution < 1.29 is 9.47 Å². The van der Waals surface area contributed by atoms with Crippen LogP contribution >= 0.6 is 0 Å². The third-order valence-corrected chi connectivity index (χ3v) is 5.23. The molecule has 1 atom stereocenters. The molecule has 0 bridgehead atoms. The van der Waals surface area contributed by atoms with Gasteiger partial charge in [-0.2, -0.15) is 0 Å². The van der Waals surface area contributed by atoms with Crippen LogP contribution in [-0.2, 0) is 12.8 Å². The fraction of sp³-hybridized carbons (Fsp3) is 0.583. The highest BCUT2D eigenvalue weighted by Gasteiger charge is 2.21. The molecular formula is C24H36N2O2. The maximum absolute atomic E-state index is 6.28. The molecule has 0 N–H and O–H groups in total. The molecule has 0 amide bonds. The fourth-order valence-corrected chi connectivity index (χ4v) is 3.37. The van der Waals surface area contributed by atoms with Crippen molar-refractivity contribution in [2.24, 2.45) is 5.92 Å². The lowest BCUT2D eigenvalue weighted by atomic mass is 9.98. The summed E-state index contributed by atoms with van der Waals surface area (Å²) in [5.41, 5.74) is 5.00. The molecule has 1 aromatic heterocycles. The average molecular weight is 385 g/mol. The van der Waals surface area contributed by atoms with Crippen molar-refractivity contribution in [3.63, 3.8) is 0 Å². The predicted octanol–water partition coefficient (Wildman–Crippen LogP) is 6.21. The highest BCUT2D eigenvalue weighted by Crippen LogP contribution is 2.35. The van der Waals surface area contributed by atoms with Crippen LogP contribution in [-0.4, -0.2) is 23.2 Å². The first-order chi connectivity index (χ1) is 13.4. The minimum absolute atomic E-state index is 0.148. The Morgan fingerprint density at radius 1 is 0.929 bits per heavy atom. The van der Waals surface area contributed by atoms with Gasteiger partial charge < -0.3 is 9.47 Å². The Morgan fingerprint density at radius 3 is 2.11 bits per heavy atom. The summed E-state index contributed by atoms with van der Waals surface area (Å²) < 4.78 is 12.0. The smallest absolute Gasteiger partial charge is 0.236 e. The van der Waals surface area contributed by atoms with Crippen LogP contribution < -0.4 is 9.47 Å². The molecule has 1 aromatic carbocycles. The first-order valence-electron chi connectivity index (χ1n) is 10.6. The van der Waals surface area contributed by atoms with E-state index in [0.29, 0.717) is 17.7 Å². The van der Waals surface area contributed by atoms with Gasteiger partial charge in [0, 0.05) is 5.56 Å². The number of ether oxygens (including phenoxy) is 2. The summed E-state index contributed by atoms with van der Waals surface area (Å²) in [6.07, 6.45) is 2.67. The summed E-state index contributed by atoms with van der Waals surface area (Å²) in [5.74, 6) is 2.41. The second-order valence-corrected chi connectivity index (χ2v) is 7.90. The summed E-state index contributed by atoms with van der Waals surface area (Å²) in [4.78, 5) is 9.90. The molecule has 1 heterocycles. The molecule has 0 spiro atoms. The molecule has 28 heavy (non-hydrogen) atoms. The minimum atomic E-state index is 0.148. The zero-order chi connectivity index (χ0) is 20.8. The first-order valence-corrected chi connectivity index (χ1v) is 10.6. The fourth-order valence-electron chi connectivity index (χ4n) is 3.37. The molecule has 154 valence electrons. The standard InChI is InChI=1S/C24H36N2O2/c1-9-19-23(18-13-12-17(15(4)5)14-22(18)27-8)25-20(10-2)24(26-19)28-21(11-3)16(6)7/h12-16,21H,9-11H2,1-8H3. The van der Waals surface area contributed by atoms with E-state index in [1.165, 1.54) is 5.56 Å². The van der Waals surface area contributed by atoms with Gasteiger partial charge in [-0.3, -0.25) is 0 Å². The van der Waals surface area contributed by atoms with Crippen LogP contribution in [0.2, 0.25) is 0 Å². The van der Waals surface area contributed by atoms with Crippen molar-refractivity contribution in [2.75, 3.05) is 7.11 Å². The highest BCUT2D eigenvalue weighted by atomic mass is 16.5. The Hall–Kier alpha value is -2.10. The number of aromatic nitrogens is 2. The van der Waals surface area contributed by atoms with Crippen molar-refractivity contribution in [1.29, 1.82) is 0 Å². The van der Waals surface area contributed by atoms with Crippen molar-refractivity contribution in [1.82, 2.24) is 9.97 Å². The normalized spacial score (nSPS) is 12.5. The average Bonchev–Trinajstić information content (AvgIpc) is 2.70. The second-order valence-electron chi connectivity index (χ2n) is 7.90. The number of methoxy groups -OCH3 is 1. The maximum Gasteiger partial charge on any atom is 0.236 e. The maximum atomic E-state index is 6.28. The number of benzene rings is 1. The van der Waals surface area contributed by atoms with Gasteiger partial charge >= 0.3 is 0 Å². The second kappa shape index (κ2) is 9.90. The van der Waals surface area contributed by atoms with Crippen LogP contribution in [0.25, 0.3) is 11.3 Å². The Balaban J connectivity index is 2.57. The van der Waals surface area contributed by atoms with Crippen molar-refractivity contribution in [2.45, 2.75) is 79.8 Å². The first kappa shape index (κ1) is 22.2. The van der Waals surface area contributed by atoms with E-state index in [2.05, 4.69) is 66.7 Å². The predicted molar refractivity (Wildman–Crippen MR) is 116 cm³/mol. The Labute approximate surface area is 170 Å². The van der Waals surface area contributed by atoms with Gasteiger partial charge in [0.1, 0.15) is 17.5 Å². The van der Waals surface area contributed by atoms with Crippen molar-refractivity contribution in [3.05, 3.63) is 35.2 Å². The van der Waals surface area contributed by atoms with Gasteiger partial charge in [0.2, 0.25) is 5.88 Å². The summed E-state index contributed by atoms with van der Waals surface area (Å²) >= 11 is 0. The van der Waals surface area contributed by atoms with E-state index in [9.17, 15) is 0 Å². The molecule has 0 fully saturated rings. The molecule has 0 saturated heterocycles. The van der Waals surface area contributed by atoms with Gasteiger partial charge in [0.25, 0.3) is 0 Å². The van der Waals surface area contributed by atoms with E-state index in [1.807, 2.05) is 0 Å². The van der Waals surface area contributed by atoms with Crippen LogP contribution in [0, 0.1) is 5.92 Å². The van der Waals surface area contributed by atoms with E-state index in [4.69, 9.17) is 19.4 Å². The monoisotopic (exact) mass is 384 g/mol. The molecule has 0 saturated carbocycles. The quantitative estimate of drug-likeness (QED) is 0.515. The number of nitrogens with zero attached hydrogens (tertiary/aromatic N) is 2. The summed E-state index contributed by atoms with van der Waals surface area (Å²) in [7, 11) is 1.72. The third-order valence-electron chi connectivity index (χ3n) is 5.23. The van der Waals surface area contributed by atoms with E-state index in [1.54, 1.807) is 7.11 Å². The van der Waals surface area contributed by atoms with E-state index in [0.717, 1.165) is 47.7 Å². The van der Waals surface area contributed by atoms with Gasteiger partial charge in [0.05, 0.1) is 18.5 Å². The van der Waals surface area contributed by atoms with Crippen molar-refractivity contribution >= 4 is 0 Å². The van der Waals surface area contributed by atoms with Crippen LogP contribution in [0.3, 0.4) is 0 Å². The zero-order valence-electron chi connectivity index (χ0n) is 18.8. The zero-order valence-corrected chi connectivity index (χ0v) is 18.8. The molecule has 2 aromatic rings. The molecular weight excluding hydrogens is 348 g/mol. The van der Waals surface area contributed by atoms with E-state index >= 15 is 0 Å². The van der Waals surface area contributed by atoms with Crippen LogP contribution in [0.4, 0.5) is 0 Å². The molecule has 0 aliphatic rings. The summed E-state index contributed by atoms with van der Waals surface area (Å²) in [5, 5.41) is 0. The molecule has 0 aliphatic carbocycles.